The van der Waals surface area contributed by atoms with Gasteiger partial charge in [0.1, 0.15) is 0 Å². The number of aliphatic imine (C=N–C) groups is 2. The molecule has 0 aromatic carbocycles. The molecule has 0 aliphatic heterocycles. The summed E-state index contributed by atoms with van der Waals surface area (Å²) in [6, 6.07) is 0. The Kier molecular flexibility index (Phi) is 5.14. The standard InChI is InChI=1S/C6H11N3O2S/c1-8-3-2-4-9-5-6-12(7,10)11/h2-4H,1,5-6H2,(H2,7,10,11)/b3-2-,9-4-. The second-order valence-electron chi connectivity index (χ2n) is 1.95. The molecule has 0 saturated heterocycles. The van der Waals surface area contributed by atoms with Gasteiger partial charge in [0.05, 0.1) is 12.3 Å². The quantitative estimate of drug-likeness (QED) is 0.594. The summed E-state index contributed by atoms with van der Waals surface area (Å²) in [6.07, 6.45) is 4.44. The second-order valence-corrected chi connectivity index (χ2v) is 3.68. The van der Waals surface area contributed by atoms with E-state index in [2.05, 4.69) is 16.7 Å². The molecule has 12 heavy (non-hydrogen) atoms. The zero-order valence-electron chi connectivity index (χ0n) is 6.55. The highest BCUT2D eigenvalue weighted by Gasteiger charge is 1.98. The Bertz CT molecular complexity index is 279. The summed E-state index contributed by atoms with van der Waals surface area (Å²) in [5, 5.41) is 4.73. The van der Waals surface area contributed by atoms with Crippen molar-refractivity contribution in [3.63, 3.8) is 0 Å². The molecule has 0 bridgehead atoms. The van der Waals surface area contributed by atoms with Crippen LogP contribution in [0, 0.1) is 0 Å². The number of nitrogens with zero attached hydrogens (tertiary/aromatic N) is 2. The van der Waals surface area contributed by atoms with Gasteiger partial charge in [-0.05, 0) is 12.8 Å². The highest BCUT2D eigenvalue weighted by Crippen LogP contribution is 1.78. The van der Waals surface area contributed by atoms with E-state index in [9.17, 15) is 8.42 Å². The normalized spacial score (nSPS) is 12.8. The van der Waals surface area contributed by atoms with E-state index in [1.54, 1.807) is 6.08 Å². The van der Waals surface area contributed by atoms with Crippen LogP contribution < -0.4 is 5.14 Å². The van der Waals surface area contributed by atoms with Crippen molar-refractivity contribution >= 4 is 23.0 Å². The fourth-order valence-electron chi connectivity index (χ4n) is 0.415. The van der Waals surface area contributed by atoms with E-state index < -0.39 is 10.0 Å². The first kappa shape index (κ1) is 11.0. The lowest BCUT2D eigenvalue weighted by Crippen LogP contribution is -2.18. The molecule has 0 aromatic rings. The van der Waals surface area contributed by atoms with Crippen LogP contribution in [0.3, 0.4) is 0 Å². The van der Waals surface area contributed by atoms with Gasteiger partial charge >= 0.3 is 0 Å². The topological polar surface area (TPSA) is 84.9 Å². The Morgan fingerprint density at radius 1 is 1.50 bits per heavy atom. The van der Waals surface area contributed by atoms with Gasteiger partial charge in [0.15, 0.2) is 0 Å². The third kappa shape index (κ3) is 8.99. The first-order valence-electron chi connectivity index (χ1n) is 3.17. The van der Waals surface area contributed by atoms with E-state index in [1.807, 2.05) is 0 Å². The van der Waals surface area contributed by atoms with Gasteiger partial charge < -0.3 is 0 Å². The molecule has 0 radical (unpaired) electrons. The third-order valence-corrected chi connectivity index (χ3v) is 1.64. The minimum Gasteiger partial charge on any atom is -0.292 e. The Morgan fingerprint density at radius 2 is 2.17 bits per heavy atom. The largest absolute Gasteiger partial charge is 0.292 e. The summed E-state index contributed by atoms with van der Waals surface area (Å²) in [4.78, 5) is 7.15. The van der Waals surface area contributed by atoms with Crippen molar-refractivity contribution in [2.24, 2.45) is 15.1 Å². The maximum atomic E-state index is 10.4. The average Bonchev–Trinajstić information content (AvgIpc) is 1.94. The van der Waals surface area contributed by atoms with E-state index in [4.69, 9.17) is 5.14 Å². The van der Waals surface area contributed by atoms with Crippen LogP contribution in [0.5, 0.6) is 0 Å². The Balaban J connectivity index is 3.63. The molecule has 0 aliphatic rings. The van der Waals surface area contributed by atoms with Crippen LogP contribution >= 0.6 is 0 Å². The molecule has 0 aliphatic carbocycles. The van der Waals surface area contributed by atoms with Crippen molar-refractivity contribution in [3.05, 3.63) is 12.3 Å². The van der Waals surface area contributed by atoms with Crippen molar-refractivity contribution in [2.75, 3.05) is 12.3 Å². The highest BCUT2D eigenvalue weighted by atomic mass is 32.2. The number of hydrogen-bond donors (Lipinski definition) is 1. The van der Waals surface area contributed by atoms with Crippen molar-refractivity contribution in [1.82, 2.24) is 0 Å². The Morgan fingerprint density at radius 3 is 2.67 bits per heavy atom. The monoisotopic (exact) mass is 189 g/mol. The van der Waals surface area contributed by atoms with Crippen LogP contribution in [0.2, 0.25) is 0 Å². The molecule has 0 rings (SSSR count). The summed E-state index contributed by atoms with van der Waals surface area (Å²) in [5.41, 5.74) is 0. The smallest absolute Gasteiger partial charge is 0.210 e. The molecule has 5 nitrogen and oxygen atoms in total. The van der Waals surface area contributed by atoms with Crippen LogP contribution in [0.4, 0.5) is 0 Å². The molecule has 68 valence electrons. The molecule has 0 aromatic heterocycles. The van der Waals surface area contributed by atoms with E-state index >= 15 is 0 Å². The maximum absolute atomic E-state index is 10.4. The van der Waals surface area contributed by atoms with Crippen molar-refractivity contribution < 1.29 is 8.42 Å². The van der Waals surface area contributed by atoms with Crippen LogP contribution in [0.25, 0.3) is 0 Å². The Hall–Kier alpha value is -1.01. The zero-order chi connectivity index (χ0) is 9.45. The van der Waals surface area contributed by atoms with Gasteiger partial charge in [-0.3, -0.25) is 9.98 Å². The number of rotatable bonds is 5. The van der Waals surface area contributed by atoms with Gasteiger partial charge in [-0.25, -0.2) is 13.6 Å². The van der Waals surface area contributed by atoms with Gasteiger partial charge in [-0.1, -0.05) is 0 Å². The van der Waals surface area contributed by atoms with Gasteiger partial charge in [0.25, 0.3) is 0 Å². The lowest BCUT2D eigenvalue weighted by Gasteiger charge is -1.90. The lowest BCUT2D eigenvalue weighted by molar-refractivity contribution is 0.597. The second kappa shape index (κ2) is 5.62. The summed E-state index contributed by atoms with van der Waals surface area (Å²) in [7, 11) is -3.39. The molecular formula is C6H11N3O2S. The minimum atomic E-state index is -3.39. The van der Waals surface area contributed by atoms with Crippen LogP contribution in [-0.2, 0) is 10.0 Å². The maximum Gasteiger partial charge on any atom is 0.210 e. The SMILES string of the molecule is C=N/C=C\C=N/CCS(N)(=O)=O. The highest BCUT2D eigenvalue weighted by molar-refractivity contribution is 7.89. The van der Waals surface area contributed by atoms with E-state index in [-0.39, 0.29) is 12.3 Å². The minimum absolute atomic E-state index is 0.140. The number of allylic oxidation sites excluding steroid dienone is 1. The molecule has 0 fully saturated rings. The first-order valence-corrected chi connectivity index (χ1v) is 4.89. The number of sulfonamides is 1. The molecule has 0 heterocycles. The van der Waals surface area contributed by atoms with Crippen LogP contribution in [0.15, 0.2) is 22.3 Å². The van der Waals surface area contributed by atoms with E-state index in [0.717, 1.165) is 0 Å². The summed E-state index contributed by atoms with van der Waals surface area (Å²) < 4.78 is 20.8. The number of primary sulfonamides is 1. The fourth-order valence-corrected chi connectivity index (χ4v) is 0.775. The van der Waals surface area contributed by atoms with Crippen molar-refractivity contribution in [3.8, 4) is 0 Å². The average molecular weight is 189 g/mol. The van der Waals surface area contributed by atoms with Crippen LogP contribution in [0.1, 0.15) is 0 Å². The molecule has 6 heteroatoms. The summed E-state index contributed by atoms with van der Waals surface area (Å²) in [5.74, 6) is -0.140. The molecule has 0 amide bonds. The molecule has 0 spiro atoms. The van der Waals surface area contributed by atoms with Gasteiger partial charge in [0, 0.05) is 12.4 Å². The predicted molar refractivity (Wildman–Crippen MR) is 50.0 cm³/mol. The predicted octanol–water partition coefficient (Wildman–Crippen LogP) is -0.440. The van der Waals surface area contributed by atoms with E-state index in [0.29, 0.717) is 0 Å². The number of nitrogens with two attached hydrogens (primary N) is 1. The fraction of sp³-hybridized carbons (Fsp3) is 0.333. The summed E-state index contributed by atoms with van der Waals surface area (Å²) in [6.45, 7) is 3.37. The van der Waals surface area contributed by atoms with Crippen molar-refractivity contribution in [1.29, 1.82) is 0 Å². The lowest BCUT2D eigenvalue weighted by atomic mass is 10.6. The van der Waals surface area contributed by atoms with Gasteiger partial charge in [-0.2, -0.15) is 0 Å². The molecule has 0 saturated carbocycles. The van der Waals surface area contributed by atoms with Gasteiger partial charge in [-0.15, -0.1) is 0 Å². The molecule has 2 N–H and O–H groups in total. The zero-order valence-corrected chi connectivity index (χ0v) is 7.37. The van der Waals surface area contributed by atoms with Crippen molar-refractivity contribution in [2.45, 2.75) is 0 Å². The first-order chi connectivity index (χ1) is 5.56. The molecule has 0 atom stereocenters. The molecular weight excluding hydrogens is 178 g/mol. The summed E-state index contributed by atoms with van der Waals surface area (Å²) >= 11 is 0. The van der Waals surface area contributed by atoms with E-state index in [1.165, 1.54) is 12.4 Å². The van der Waals surface area contributed by atoms with Gasteiger partial charge in [0.2, 0.25) is 10.0 Å². The molecule has 0 unspecified atom stereocenters. The third-order valence-electron chi connectivity index (χ3n) is 0.888. The van der Waals surface area contributed by atoms with Crippen LogP contribution in [-0.4, -0.2) is 33.6 Å². The number of hydrogen-bond acceptors (Lipinski definition) is 4. The Labute approximate surface area is 71.8 Å².